The molecule has 0 aromatic carbocycles. The number of carbonyl (C=O) groups is 2. The summed E-state index contributed by atoms with van der Waals surface area (Å²) in [5.74, 6) is -13.1. The first-order chi connectivity index (χ1) is 19.6. The Morgan fingerprint density at radius 1 is 1.55 bits per heavy atom. The maximum atomic E-state index is 13.5. The number of carbonyl (C=O) groups excluding carboxylic acids is 2. The molecule has 0 amide bonds. The smallest absolute Gasteiger partial charge is 0.308 e. The number of ether oxygens (including phenoxy) is 2. The van der Waals surface area contributed by atoms with Gasteiger partial charge in [-0.2, -0.15) is 0 Å². The van der Waals surface area contributed by atoms with Crippen LogP contribution < -0.4 is 0 Å². The molecule has 5 nitrogen and oxygen atoms in total. The molecule has 2 aliphatic carbocycles. The van der Waals surface area contributed by atoms with Crippen LogP contribution in [0.1, 0.15) is 86.5 Å². The number of cyclic esters (lactones) is 1. The number of fused-ring (bicyclic) bond motifs is 1. The van der Waals surface area contributed by atoms with Gasteiger partial charge in [-0.1, -0.05) is 45.7 Å². The third-order valence-corrected chi connectivity index (χ3v) is 5.38. The van der Waals surface area contributed by atoms with E-state index in [1.807, 2.05) is 0 Å². The Kier molecular flexibility index (Phi) is 3.16. The van der Waals surface area contributed by atoms with Crippen molar-refractivity contribution in [2.75, 3.05) is 0 Å². The highest BCUT2D eigenvalue weighted by atomic mass is 16.5. The van der Waals surface area contributed by atoms with Gasteiger partial charge in [0.1, 0.15) is 12.2 Å². The molecule has 0 aromatic heterocycles. The van der Waals surface area contributed by atoms with E-state index >= 15 is 0 Å². The highest BCUT2D eigenvalue weighted by molar-refractivity contribution is 5.72. The van der Waals surface area contributed by atoms with Crippen molar-refractivity contribution in [2.45, 2.75) is 84.3 Å². The number of esters is 2. The third-order valence-electron chi connectivity index (χ3n) is 5.38. The molecule has 1 aliphatic heterocycles. The van der Waals surface area contributed by atoms with Crippen LogP contribution in [-0.2, 0) is 19.1 Å². The molecule has 1 heterocycles. The molecule has 29 heavy (non-hydrogen) atoms. The molecule has 0 saturated carbocycles. The first-order valence-corrected chi connectivity index (χ1v) is 9.59. The average Bonchev–Trinajstić information content (AvgIpc) is 2.81. The number of aliphatic hydroxyl groups excluding tert-OH is 1. The van der Waals surface area contributed by atoms with Crippen LogP contribution in [0.2, 0.25) is 0 Å². The van der Waals surface area contributed by atoms with E-state index < -0.39 is 110 Å². The Hall–Kier alpha value is -1.62. The summed E-state index contributed by atoms with van der Waals surface area (Å²) in [7, 11) is 0. The Bertz CT molecular complexity index is 1230. The third kappa shape index (κ3) is 5.30. The van der Waals surface area contributed by atoms with Gasteiger partial charge in [-0.05, 0) is 48.9 Å². The van der Waals surface area contributed by atoms with Gasteiger partial charge < -0.3 is 14.6 Å². The summed E-state index contributed by atoms with van der Waals surface area (Å²) < 4.78 is 134. The number of hydrogen-bond donors (Lipinski definition) is 1. The second-order valence-corrected chi connectivity index (χ2v) is 7.59. The molecule has 0 spiro atoms. The van der Waals surface area contributed by atoms with E-state index in [0.29, 0.717) is 0 Å². The fraction of sp³-hybridized carbons (Fsp3) is 0.750. The van der Waals surface area contributed by atoms with Crippen molar-refractivity contribution in [3.05, 3.63) is 23.7 Å². The number of allylic oxidation sites excluding steroid dienone is 3. The van der Waals surface area contributed by atoms with Crippen molar-refractivity contribution >= 4 is 11.9 Å². The summed E-state index contributed by atoms with van der Waals surface area (Å²) in [5.41, 5.74) is -0.403. The van der Waals surface area contributed by atoms with Gasteiger partial charge in [-0.25, -0.2) is 0 Å². The van der Waals surface area contributed by atoms with Crippen LogP contribution in [-0.4, -0.2) is 35.4 Å². The molecule has 0 bridgehead atoms. The van der Waals surface area contributed by atoms with E-state index in [1.54, 1.807) is 0 Å². The first-order valence-electron chi connectivity index (χ1n) is 17.1. The average molecular weight is 420 g/mol. The quantitative estimate of drug-likeness (QED) is 0.653. The van der Waals surface area contributed by atoms with Gasteiger partial charge in [0.15, 0.2) is 0 Å². The molecule has 1 N–H and O–H groups in total. The van der Waals surface area contributed by atoms with Gasteiger partial charge in [-0.3, -0.25) is 9.59 Å². The Morgan fingerprint density at radius 3 is 3.10 bits per heavy atom. The molecule has 0 radical (unpaired) electrons. The van der Waals surface area contributed by atoms with Gasteiger partial charge in [0.05, 0.1) is 22.6 Å². The Balaban J connectivity index is 2.20. The van der Waals surface area contributed by atoms with E-state index in [9.17, 15) is 14.7 Å². The maximum absolute atomic E-state index is 13.5. The van der Waals surface area contributed by atoms with E-state index in [0.717, 1.165) is 6.92 Å². The number of hydrogen-bond acceptors (Lipinski definition) is 5. The van der Waals surface area contributed by atoms with Crippen LogP contribution in [0.15, 0.2) is 23.7 Å². The predicted molar refractivity (Wildman–Crippen MR) is 111 cm³/mol. The van der Waals surface area contributed by atoms with Crippen molar-refractivity contribution in [1.82, 2.24) is 0 Å². The van der Waals surface area contributed by atoms with Gasteiger partial charge in [0, 0.05) is 28.8 Å². The first kappa shape index (κ1) is 9.67. The lowest BCUT2D eigenvalue weighted by Gasteiger charge is -2.43. The zero-order valence-corrected chi connectivity index (χ0v) is 16.4. The van der Waals surface area contributed by atoms with Crippen molar-refractivity contribution in [3.8, 4) is 0 Å². The van der Waals surface area contributed by atoms with Crippen molar-refractivity contribution < 1.29 is 44.7 Å². The van der Waals surface area contributed by atoms with Crippen LogP contribution in [0.3, 0.4) is 0 Å². The molecule has 0 aromatic rings. The summed E-state index contributed by atoms with van der Waals surface area (Å²) in [4.78, 5) is 25.4. The van der Waals surface area contributed by atoms with Gasteiger partial charge in [-0.15, -0.1) is 0 Å². The van der Waals surface area contributed by atoms with Crippen LogP contribution in [0, 0.1) is 29.5 Å². The zero-order valence-electron chi connectivity index (χ0n) is 31.4. The standard InChI is InChI=1S/C24H36O5/c1-5-15(3)24(27)29-21-11-14(2)10-17-7-6-16(4)20(23(17)21)9-8-19-12-18(25)13-22(26)28-19/h6-7,10,14-16,18-21,23,25H,5,8-9,11-13H2,1-4H3/t14-,15-,16-,18+,19?,20-,21?,23-/m0/s1/i1D3,3D3,5D2,6D,7D,10D,11D2,14D,16D. The molecule has 2 unspecified atom stereocenters. The Labute approximate surface area is 195 Å². The number of rotatable bonds is 6. The van der Waals surface area contributed by atoms with Crippen molar-refractivity contribution in [2.24, 2.45) is 29.5 Å². The Morgan fingerprint density at radius 2 is 2.38 bits per heavy atom. The fourth-order valence-corrected chi connectivity index (χ4v) is 3.99. The molecular weight excluding hydrogens is 368 g/mol. The second-order valence-electron chi connectivity index (χ2n) is 7.59. The summed E-state index contributed by atoms with van der Waals surface area (Å²) in [5, 5.41) is 10.0. The molecule has 8 atom stereocenters. The lowest BCUT2D eigenvalue weighted by atomic mass is 9.65. The minimum absolute atomic E-state index is 0.0337. The van der Waals surface area contributed by atoms with E-state index in [4.69, 9.17) is 30.0 Å². The van der Waals surface area contributed by atoms with E-state index in [2.05, 4.69) is 0 Å². The molecule has 3 aliphatic rings. The fourth-order valence-electron chi connectivity index (χ4n) is 3.99. The topological polar surface area (TPSA) is 72.8 Å². The normalized spacial score (nSPS) is 54.7. The monoisotopic (exact) mass is 419 g/mol. The minimum Gasteiger partial charge on any atom is -0.462 e. The predicted octanol–water partition coefficient (Wildman–Crippen LogP) is 4.20. The molecule has 1 fully saturated rings. The summed E-state index contributed by atoms with van der Waals surface area (Å²) in [6, 6.07) is -2.05. The largest absolute Gasteiger partial charge is 0.462 e. The lowest BCUT2D eigenvalue weighted by molar-refractivity contribution is -0.162. The van der Waals surface area contributed by atoms with E-state index in [1.165, 1.54) is 6.92 Å². The van der Waals surface area contributed by atoms with E-state index in [-0.39, 0.29) is 25.7 Å². The molecule has 3 rings (SSSR count). The second kappa shape index (κ2) is 9.46. The summed E-state index contributed by atoms with van der Waals surface area (Å²) in [6.45, 7) is -5.04. The lowest BCUT2D eigenvalue weighted by Crippen LogP contribution is -2.42. The SMILES string of the molecule is [2H]C1=C([2H])[C@]([2H])(C)[C@H](CCC2C[C@@H](O)CC(=O)O2)[C@@H]2C1=C([2H])[C@]([2H])(C)C([2H])([2H])C2OC(=O)[C@@H](C([2H])([2H])[2H])C([2H])([2H])C([2H])([2H])[2H]. The minimum atomic E-state index is -3.68. The number of aliphatic hydroxyl groups is 1. The van der Waals surface area contributed by atoms with Crippen LogP contribution >= 0.6 is 0 Å². The van der Waals surface area contributed by atoms with Gasteiger partial charge in [0.25, 0.3) is 0 Å². The van der Waals surface area contributed by atoms with Crippen LogP contribution in [0.25, 0.3) is 0 Å². The summed E-state index contributed by atoms with van der Waals surface area (Å²) >= 11 is 0. The van der Waals surface area contributed by atoms with Crippen molar-refractivity contribution in [1.29, 1.82) is 0 Å². The van der Waals surface area contributed by atoms with Crippen LogP contribution in [0.5, 0.6) is 0 Å². The highest BCUT2D eigenvalue weighted by Crippen LogP contribution is 2.45. The maximum Gasteiger partial charge on any atom is 0.308 e. The van der Waals surface area contributed by atoms with Gasteiger partial charge in [0.2, 0.25) is 0 Å². The highest BCUT2D eigenvalue weighted by Gasteiger charge is 2.42. The summed E-state index contributed by atoms with van der Waals surface area (Å²) in [6.07, 6.45) is -11.2. The molecule has 162 valence electrons. The van der Waals surface area contributed by atoms with Gasteiger partial charge >= 0.3 is 11.9 Å². The van der Waals surface area contributed by atoms with Crippen molar-refractivity contribution in [3.63, 3.8) is 0 Å². The molecule has 5 heteroatoms. The molecule has 1 saturated heterocycles. The molecular formula is C24H36O5. The zero-order chi connectivity index (χ0) is 34.2. The van der Waals surface area contributed by atoms with Crippen LogP contribution in [0.4, 0.5) is 0 Å².